The number of aromatic amines is 1. The number of H-pyrrole nitrogens is 1. The van der Waals surface area contributed by atoms with Gasteiger partial charge >= 0.3 is 5.97 Å². The first-order valence-corrected chi connectivity index (χ1v) is 8.71. The summed E-state index contributed by atoms with van der Waals surface area (Å²) in [5, 5.41) is 23.7. The molecule has 2 atom stereocenters. The summed E-state index contributed by atoms with van der Waals surface area (Å²) in [7, 11) is 0. The number of nitrogen functional groups attached to an aromatic ring is 1. The van der Waals surface area contributed by atoms with Crippen molar-refractivity contribution in [3.8, 4) is 11.1 Å². The molecule has 3 heterocycles. The third kappa shape index (κ3) is 4.43. The molecule has 0 aliphatic heterocycles. The molecule has 0 radical (unpaired) electrons. The lowest BCUT2D eigenvalue weighted by Gasteiger charge is -2.20. The number of aromatic nitrogens is 6. The predicted octanol–water partition coefficient (Wildman–Crippen LogP) is 2.07. The number of carbonyl (C=O) groups is 1. The van der Waals surface area contributed by atoms with Gasteiger partial charge in [0.25, 0.3) is 0 Å². The van der Waals surface area contributed by atoms with Crippen molar-refractivity contribution >= 4 is 11.8 Å². The highest BCUT2D eigenvalue weighted by Gasteiger charge is 2.32. The summed E-state index contributed by atoms with van der Waals surface area (Å²) in [4.78, 5) is 20.3. The molecule has 27 heavy (non-hydrogen) atoms. The molecule has 0 fully saturated rings. The minimum Gasteiger partial charge on any atom is -0.481 e. The predicted molar refractivity (Wildman–Crippen MR) is 98.5 cm³/mol. The van der Waals surface area contributed by atoms with Crippen molar-refractivity contribution in [1.82, 2.24) is 30.6 Å². The number of aliphatic carboxylic acids is 1. The maximum Gasteiger partial charge on any atom is 0.307 e. The van der Waals surface area contributed by atoms with Crippen LogP contribution in [0.3, 0.4) is 0 Å². The number of nitrogens with one attached hydrogen (secondary N) is 1. The zero-order chi connectivity index (χ0) is 19.2. The van der Waals surface area contributed by atoms with Gasteiger partial charge in [0.15, 0.2) is 5.82 Å². The van der Waals surface area contributed by atoms with Gasteiger partial charge in [-0.1, -0.05) is 24.6 Å². The molecule has 3 aromatic heterocycles. The van der Waals surface area contributed by atoms with E-state index in [-0.39, 0.29) is 0 Å². The Morgan fingerprint density at radius 1 is 1.19 bits per heavy atom. The Morgan fingerprint density at radius 2 is 1.93 bits per heavy atom. The van der Waals surface area contributed by atoms with Crippen LogP contribution in [0.2, 0.25) is 0 Å². The van der Waals surface area contributed by atoms with E-state index in [2.05, 4.69) is 30.6 Å². The third-order valence-electron chi connectivity index (χ3n) is 4.47. The lowest BCUT2D eigenvalue weighted by Crippen LogP contribution is -2.25. The summed E-state index contributed by atoms with van der Waals surface area (Å²) in [6.07, 6.45) is 5.13. The number of carboxylic acids is 1. The standard InChI is InChI=1S/C18H21N7O2/c1-2-3-14(18(26)27)15(17-22-24-25-23-17)8-13-6-4-11(9-20-13)12-5-7-16(19)21-10-12/h4-7,9-10,14-15H,2-3,8H2,1H3,(H2,19,21)(H,26,27)(H,22,23,24,25)/t14-,15-/m0/s1. The second-order valence-electron chi connectivity index (χ2n) is 6.32. The minimum absolute atomic E-state index is 0.393. The van der Waals surface area contributed by atoms with Crippen molar-refractivity contribution in [2.24, 2.45) is 5.92 Å². The average molecular weight is 367 g/mol. The van der Waals surface area contributed by atoms with Gasteiger partial charge in [-0.15, -0.1) is 10.2 Å². The summed E-state index contributed by atoms with van der Waals surface area (Å²) < 4.78 is 0. The number of nitrogens with two attached hydrogens (primary N) is 1. The highest BCUT2D eigenvalue weighted by atomic mass is 16.4. The fourth-order valence-corrected chi connectivity index (χ4v) is 3.07. The first kappa shape index (κ1) is 18.4. The first-order valence-electron chi connectivity index (χ1n) is 8.71. The van der Waals surface area contributed by atoms with Crippen molar-refractivity contribution in [1.29, 1.82) is 0 Å². The Labute approximate surface area is 156 Å². The first-order chi connectivity index (χ1) is 13.1. The maximum atomic E-state index is 11.8. The number of rotatable bonds is 8. The Bertz CT molecular complexity index is 864. The molecule has 140 valence electrons. The van der Waals surface area contributed by atoms with Crippen molar-refractivity contribution in [2.75, 3.05) is 5.73 Å². The Balaban J connectivity index is 1.83. The van der Waals surface area contributed by atoms with E-state index in [0.717, 1.165) is 23.2 Å². The van der Waals surface area contributed by atoms with E-state index in [1.165, 1.54) is 0 Å². The molecule has 0 bridgehead atoms. The molecular weight excluding hydrogens is 346 g/mol. The molecular formula is C18H21N7O2. The molecule has 0 spiro atoms. The van der Waals surface area contributed by atoms with Crippen molar-refractivity contribution in [2.45, 2.75) is 32.1 Å². The fourth-order valence-electron chi connectivity index (χ4n) is 3.07. The number of nitrogens with zero attached hydrogens (tertiary/aromatic N) is 5. The second kappa shape index (κ2) is 8.35. The monoisotopic (exact) mass is 367 g/mol. The van der Waals surface area contributed by atoms with Crippen LogP contribution < -0.4 is 5.73 Å². The zero-order valence-corrected chi connectivity index (χ0v) is 14.9. The molecule has 0 aliphatic carbocycles. The highest BCUT2D eigenvalue weighted by molar-refractivity contribution is 5.71. The molecule has 3 aromatic rings. The van der Waals surface area contributed by atoms with E-state index in [1.54, 1.807) is 18.5 Å². The number of pyridine rings is 2. The van der Waals surface area contributed by atoms with Crippen LogP contribution in [0.5, 0.6) is 0 Å². The SMILES string of the molecule is CCC[C@H](C(=O)O)[C@H](Cc1ccc(-c2ccc(N)nc2)cn1)c1nn[nH]n1. The van der Waals surface area contributed by atoms with E-state index in [9.17, 15) is 9.90 Å². The number of hydrogen-bond acceptors (Lipinski definition) is 7. The quantitative estimate of drug-likeness (QED) is 0.549. The van der Waals surface area contributed by atoms with Crippen LogP contribution in [-0.2, 0) is 11.2 Å². The molecule has 0 aromatic carbocycles. The van der Waals surface area contributed by atoms with Crippen LogP contribution in [0, 0.1) is 5.92 Å². The van der Waals surface area contributed by atoms with Gasteiger partial charge in [0.05, 0.1) is 5.92 Å². The van der Waals surface area contributed by atoms with Gasteiger partial charge in [-0.25, -0.2) is 4.98 Å². The normalized spacial score (nSPS) is 13.2. The van der Waals surface area contributed by atoms with Crippen LogP contribution in [0.1, 0.15) is 37.2 Å². The van der Waals surface area contributed by atoms with Crippen molar-refractivity contribution < 1.29 is 9.90 Å². The molecule has 4 N–H and O–H groups in total. The van der Waals surface area contributed by atoms with Gasteiger partial charge in [-0.05, 0) is 24.6 Å². The zero-order valence-electron chi connectivity index (χ0n) is 14.9. The minimum atomic E-state index is -0.865. The van der Waals surface area contributed by atoms with Crippen LogP contribution in [0.15, 0.2) is 36.7 Å². The van der Waals surface area contributed by atoms with E-state index >= 15 is 0 Å². The van der Waals surface area contributed by atoms with Crippen LogP contribution in [-0.4, -0.2) is 41.7 Å². The summed E-state index contributed by atoms with van der Waals surface area (Å²) in [5.74, 6) is -1.02. The van der Waals surface area contributed by atoms with Gasteiger partial charge < -0.3 is 10.8 Å². The Hall–Kier alpha value is -3.36. The third-order valence-corrected chi connectivity index (χ3v) is 4.47. The van der Waals surface area contributed by atoms with Gasteiger partial charge in [0, 0.05) is 41.6 Å². The van der Waals surface area contributed by atoms with Gasteiger partial charge in [0.2, 0.25) is 0 Å². The van der Waals surface area contributed by atoms with Crippen LogP contribution in [0.4, 0.5) is 5.82 Å². The van der Waals surface area contributed by atoms with E-state index in [4.69, 9.17) is 5.73 Å². The number of hydrogen-bond donors (Lipinski definition) is 3. The molecule has 0 amide bonds. The van der Waals surface area contributed by atoms with Gasteiger partial charge in [-0.2, -0.15) is 5.21 Å². The fraction of sp³-hybridized carbons (Fsp3) is 0.333. The van der Waals surface area contributed by atoms with Crippen LogP contribution in [0.25, 0.3) is 11.1 Å². The average Bonchev–Trinajstić information content (AvgIpc) is 3.20. The topological polar surface area (TPSA) is 144 Å². The van der Waals surface area contributed by atoms with Gasteiger partial charge in [0.1, 0.15) is 5.82 Å². The molecule has 0 saturated heterocycles. The number of tetrazole rings is 1. The molecule has 3 rings (SSSR count). The van der Waals surface area contributed by atoms with Gasteiger partial charge in [-0.3, -0.25) is 9.78 Å². The molecule has 9 nitrogen and oxygen atoms in total. The summed E-state index contributed by atoms with van der Waals surface area (Å²) in [6, 6.07) is 7.42. The lowest BCUT2D eigenvalue weighted by molar-refractivity contribution is -0.143. The summed E-state index contributed by atoms with van der Waals surface area (Å²) in [6.45, 7) is 1.96. The Morgan fingerprint density at radius 3 is 2.44 bits per heavy atom. The molecule has 0 saturated carbocycles. The smallest absolute Gasteiger partial charge is 0.307 e. The maximum absolute atomic E-state index is 11.8. The van der Waals surface area contributed by atoms with Crippen LogP contribution >= 0.6 is 0 Å². The molecule has 0 aliphatic rings. The molecule has 0 unspecified atom stereocenters. The van der Waals surface area contributed by atoms with Crippen molar-refractivity contribution in [3.63, 3.8) is 0 Å². The van der Waals surface area contributed by atoms with E-state index in [0.29, 0.717) is 24.5 Å². The lowest BCUT2D eigenvalue weighted by atomic mass is 9.84. The summed E-state index contributed by atoms with van der Waals surface area (Å²) >= 11 is 0. The highest BCUT2D eigenvalue weighted by Crippen LogP contribution is 2.30. The summed E-state index contributed by atoms with van der Waals surface area (Å²) in [5.41, 5.74) is 8.19. The Kier molecular flexibility index (Phi) is 5.70. The second-order valence-corrected chi connectivity index (χ2v) is 6.32. The number of anilines is 1. The molecule has 9 heteroatoms. The largest absolute Gasteiger partial charge is 0.481 e. The van der Waals surface area contributed by atoms with E-state index in [1.807, 2.05) is 25.1 Å². The van der Waals surface area contributed by atoms with Crippen molar-refractivity contribution in [3.05, 3.63) is 48.2 Å². The van der Waals surface area contributed by atoms with E-state index < -0.39 is 17.8 Å². The number of carboxylic acid groups (broad SMARTS) is 1.